The number of carboxylic acids is 1. The van der Waals surface area contributed by atoms with Gasteiger partial charge in [-0.3, -0.25) is 10.1 Å². The van der Waals surface area contributed by atoms with Gasteiger partial charge in [-0.1, -0.05) is 0 Å². The monoisotopic (exact) mass is 223 g/mol. The van der Waals surface area contributed by atoms with Gasteiger partial charge in [0.05, 0.1) is 10.5 Å². The van der Waals surface area contributed by atoms with Crippen LogP contribution in [-0.4, -0.2) is 22.0 Å². The lowest BCUT2D eigenvalue weighted by Gasteiger charge is -2.02. The van der Waals surface area contributed by atoms with Gasteiger partial charge >= 0.3 is 11.9 Å². The number of esters is 1. The maximum atomic E-state index is 11.2. The molecular formula is C9H5NO6. The van der Waals surface area contributed by atoms with Gasteiger partial charge in [0.15, 0.2) is 0 Å². The van der Waals surface area contributed by atoms with E-state index in [0.29, 0.717) is 0 Å². The second-order valence-electron chi connectivity index (χ2n) is 3.15. The standard InChI is InChI=1S/C9H5NO6/c11-8(12)7-5-2-1-4(10(14)15)3-6(5)9(13)16-7/h1-3,7H,(H,11,12). The molecular weight excluding hydrogens is 218 g/mol. The van der Waals surface area contributed by atoms with Crippen LogP contribution in [0.4, 0.5) is 5.69 Å². The average Bonchev–Trinajstić information content (AvgIpc) is 2.56. The molecule has 1 aliphatic rings. The quantitative estimate of drug-likeness (QED) is 0.453. The zero-order valence-corrected chi connectivity index (χ0v) is 7.75. The van der Waals surface area contributed by atoms with Crippen LogP contribution in [0.25, 0.3) is 0 Å². The predicted molar refractivity (Wildman–Crippen MR) is 48.9 cm³/mol. The van der Waals surface area contributed by atoms with E-state index in [0.717, 1.165) is 12.1 Å². The largest absolute Gasteiger partial charge is 0.478 e. The highest BCUT2D eigenvalue weighted by Crippen LogP contribution is 2.32. The maximum Gasteiger partial charge on any atom is 0.349 e. The van der Waals surface area contributed by atoms with Crippen molar-refractivity contribution in [1.29, 1.82) is 0 Å². The summed E-state index contributed by atoms with van der Waals surface area (Å²) >= 11 is 0. The summed E-state index contributed by atoms with van der Waals surface area (Å²) in [5.74, 6) is -2.16. The molecule has 0 amide bonds. The predicted octanol–water partition coefficient (Wildman–Crippen LogP) is 0.891. The summed E-state index contributed by atoms with van der Waals surface area (Å²) in [6.07, 6.45) is -1.37. The number of nitrogens with zero attached hydrogens (tertiary/aromatic N) is 1. The Hall–Kier alpha value is -2.44. The Morgan fingerprint density at radius 3 is 2.75 bits per heavy atom. The summed E-state index contributed by atoms with van der Waals surface area (Å²) < 4.78 is 4.57. The third-order valence-corrected chi connectivity index (χ3v) is 2.20. The van der Waals surface area contributed by atoms with Crippen LogP contribution in [0.15, 0.2) is 18.2 Å². The lowest BCUT2D eigenvalue weighted by atomic mass is 10.0. The van der Waals surface area contributed by atoms with E-state index in [-0.39, 0.29) is 16.8 Å². The van der Waals surface area contributed by atoms with E-state index in [2.05, 4.69) is 4.74 Å². The number of carbonyl (C=O) groups excluding carboxylic acids is 1. The first kappa shape index (κ1) is 10.1. The number of nitro groups is 1. The number of carbonyl (C=O) groups is 2. The Balaban J connectivity index is 2.53. The van der Waals surface area contributed by atoms with Crippen molar-refractivity contribution in [3.8, 4) is 0 Å². The molecule has 0 radical (unpaired) electrons. The number of aliphatic carboxylic acids is 1. The van der Waals surface area contributed by atoms with Crippen LogP contribution in [0.1, 0.15) is 22.0 Å². The Bertz CT molecular complexity index is 509. The molecule has 0 bridgehead atoms. The van der Waals surface area contributed by atoms with Crippen LogP contribution in [0, 0.1) is 10.1 Å². The molecule has 1 aliphatic heterocycles. The van der Waals surface area contributed by atoms with Crippen molar-refractivity contribution in [2.75, 3.05) is 0 Å². The Morgan fingerprint density at radius 1 is 1.50 bits per heavy atom. The van der Waals surface area contributed by atoms with Crippen molar-refractivity contribution in [3.05, 3.63) is 39.4 Å². The summed E-state index contributed by atoms with van der Waals surface area (Å²) in [7, 11) is 0. The summed E-state index contributed by atoms with van der Waals surface area (Å²) in [6, 6.07) is 3.37. The third kappa shape index (κ3) is 1.38. The van der Waals surface area contributed by atoms with Gasteiger partial charge in [0.2, 0.25) is 6.10 Å². The lowest BCUT2D eigenvalue weighted by molar-refractivity contribution is -0.384. The number of carboxylic acid groups (broad SMARTS) is 1. The lowest BCUT2D eigenvalue weighted by Crippen LogP contribution is -2.10. The van der Waals surface area contributed by atoms with E-state index < -0.39 is 23.0 Å². The number of ether oxygens (including phenoxy) is 1. The first-order chi connectivity index (χ1) is 7.50. The van der Waals surface area contributed by atoms with Crippen LogP contribution in [-0.2, 0) is 9.53 Å². The molecule has 16 heavy (non-hydrogen) atoms. The second kappa shape index (κ2) is 3.30. The van der Waals surface area contributed by atoms with Gasteiger partial charge in [0.1, 0.15) is 0 Å². The molecule has 0 aliphatic carbocycles. The van der Waals surface area contributed by atoms with Gasteiger partial charge in [0, 0.05) is 17.7 Å². The summed E-state index contributed by atoms with van der Waals surface area (Å²) in [4.78, 5) is 31.8. The minimum Gasteiger partial charge on any atom is -0.478 e. The number of cyclic esters (lactones) is 1. The van der Waals surface area contributed by atoms with E-state index in [9.17, 15) is 19.7 Å². The molecule has 1 atom stereocenters. The van der Waals surface area contributed by atoms with Crippen molar-refractivity contribution >= 4 is 17.6 Å². The highest BCUT2D eigenvalue weighted by atomic mass is 16.6. The molecule has 7 heteroatoms. The number of benzene rings is 1. The second-order valence-corrected chi connectivity index (χ2v) is 3.15. The Labute approximate surface area is 88.4 Å². The molecule has 0 spiro atoms. The molecule has 2 rings (SSSR count). The van der Waals surface area contributed by atoms with Crippen molar-refractivity contribution in [1.82, 2.24) is 0 Å². The summed E-state index contributed by atoms with van der Waals surface area (Å²) in [6.45, 7) is 0. The Morgan fingerprint density at radius 2 is 2.19 bits per heavy atom. The van der Waals surface area contributed by atoms with Gasteiger partial charge in [0.25, 0.3) is 5.69 Å². The van der Waals surface area contributed by atoms with E-state index in [1.165, 1.54) is 6.07 Å². The van der Waals surface area contributed by atoms with Gasteiger partial charge < -0.3 is 9.84 Å². The van der Waals surface area contributed by atoms with Gasteiger partial charge in [-0.25, -0.2) is 9.59 Å². The molecule has 0 saturated carbocycles. The first-order valence-electron chi connectivity index (χ1n) is 4.23. The van der Waals surface area contributed by atoms with E-state index in [1.54, 1.807) is 0 Å². The molecule has 0 fully saturated rings. The fraction of sp³-hybridized carbons (Fsp3) is 0.111. The molecule has 0 saturated heterocycles. The van der Waals surface area contributed by atoms with Crippen molar-refractivity contribution < 1.29 is 24.4 Å². The summed E-state index contributed by atoms with van der Waals surface area (Å²) in [5.41, 5.74) is -0.202. The molecule has 1 unspecified atom stereocenters. The molecule has 82 valence electrons. The van der Waals surface area contributed by atoms with Gasteiger partial charge in [-0.15, -0.1) is 0 Å². The number of fused-ring (bicyclic) bond motifs is 1. The normalized spacial score (nSPS) is 17.8. The highest BCUT2D eigenvalue weighted by molar-refractivity contribution is 5.98. The fourth-order valence-corrected chi connectivity index (χ4v) is 1.48. The van der Waals surface area contributed by atoms with Gasteiger partial charge in [-0.05, 0) is 6.07 Å². The van der Waals surface area contributed by atoms with Crippen molar-refractivity contribution in [2.24, 2.45) is 0 Å². The van der Waals surface area contributed by atoms with Crippen LogP contribution in [0.2, 0.25) is 0 Å². The van der Waals surface area contributed by atoms with Crippen molar-refractivity contribution in [2.45, 2.75) is 6.10 Å². The van der Waals surface area contributed by atoms with Gasteiger partial charge in [-0.2, -0.15) is 0 Å². The van der Waals surface area contributed by atoms with E-state index in [1.807, 2.05) is 0 Å². The maximum absolute atomic E-state index is 11.2. The smallest absolute Gasteiger partial charge is 0.349 e. The number of hydrogen-bond donors (Lipinski definition) is 1. The number of hydrogen-bond acceptors (Lipinski definition) is 5. The van der Waals surface area contributed by atoms with Crippen LogP contribution >= 0.6 is 0 Å². The molecule has 0 aromatic heterocycles. The molecule has 1 N–H and O–H groups in total. The highest BCUT2D eigenvalue weighted by Gasteiger charge is 2.37. The SMILES string of the molecule is O=C1OC(C(=O)O)c2ccc([N+](=O)[O-])cc21. The topological polar surface area (TPSA) is 107 Å². The zero-order valence-electron chi connectivity index (χ0n) is 7.75. The van der Waals surface area contributed by atoms with Crippen LogP contribution in [0.3, 0.4) is 0 Å². The molecule has 1 aromatic carbocycles. The van der Waals surface area contributed by atoms with Crippen LogP contribution < -0.4 is 0 Å². The zero-order chi connectivity index (χ0) is 11.9. The number of non-ortho nitro benzene ring substituents is 1. The van der Waals surface area contributed by atoms with E-state index >= 15 is 0 Å². The minimum absolute atomic E-state index is 0.0680. The third-order valence-electron chi connectivity index (χ3n) is 2.20. The molecule has 1 aromatic rings. The molecule has 1 heterocycles. The first-order valence-corrected chi connectivity index (χ1v) is 4.23. The average molecular weight is 223 g/mol. The number of nitro benzene ring substituents is 1. The molecule has 7 nitrogen and oxygen atoms in total. The van der Waals surface area contributed by atoms with E-state index in [4.69, 9.17) is 5.11 Å². The summed E-state index contributed by atoms with van der Waals surface area (Å²) in [5, 5.41) is 19.2. The Kier molecular flexibility index (Phi) is 2.08. The minimum atomic E-state index is -1.37. The number of rotatable bonds is 2. The van der Waals surface area contributed by atoms with Crippen LogP contribution in [0.5, 0.6) is 0 Å². The fourth-order valence-electron chi connectivity index (χ4n) is 1.48. The van der Waals surface area contributed by atoms with Crippen molar-refractivity contribution in [3.63, 3.8) is 0 Å².